The van der Waals surface area contributed by atoms with E-state index in [4.69, 9.17) is 14.2 Å². The maximum absolute atomic E-state index is 11.4. The van der Waals surface area contributed by atoms with E-state index in [-0.39, 0.29) is 5.97 Å². The van der Waals surface area contributed by atoms with Gasteiger partial charge in [-0.15, -0.1) is 0 Å². The van der Waals surface area contributed by atoms with Gasteiger partial charge in [0.25, 0.3) is 0 Å². The Hall–Kier alpha value is -0.610. The average Bonchev–Trinajstić information content (AvgIpc) is 2.56. The van der Waals surface area contributed by atoms with E-state index in [9.17, 15) is 4.79 Å². The summed E-state index contributed by atoms with van der Waals surface area (Å²) in [6.45, 7) is 7.22. The summed E-state index contributed by atoms with van der Waals surface area (Å²) in [5.74, 6) is -0.107. The number of esters is 1. The number of rotatable bonds is 18. The number of carbonyl (C=O) groups excluding carboxylic acids is 1. The summed E-state index contributed by atoms with van der Waals surface area (Å²) < 4.78 is 16.0. The van der Waals surface area contributed by atoms with E-state index in [1.165, 1.54) is 44.9 Å². The van der Waals surface area contributed by atoms with Gasteiger partial charge in [0.05, 0.1) is 19.8 Å². The summed E-state index contributed by atoms with van der Waals surface area (Å²) in [6, 6.07) is 0. The van der Waals surface area contributed by atoms with Gasteiger partial charge in [0.2, 0.25) is 0 Å². The van der Waals surface area contributed by atoms with Crippen LogP contribution in [0.5, 0.6) is 0 Å². The smallest absolute Gasteiger partial charge is 0.305 e. The average molecular weight is 331 g/mol. The molecule has 4 nitrogen and oxygen atoms in total. The quantitative estimate of drug-likeness (QED) is 0.265. The lowest BCUT2D eigenvalue weighted by Crippen LogP contribution is -2.13. The van der Waals surface area contributed by atoms with Crippen molar-refractivity contribution in [3.8, 4) is 0 Å². The van der Waals surface area contributed by atoms with Crippen molar-refractivity contribution < 1.29 is 19.0 Å². The van der Waals surface area contributed by atoms with Crippen molar-refractivity contribution in [2.24, 2.45) is 0 Å². The van der Waals surface area contributed by atoms with E-state index >= 15 is 0 Å². The first-order valence-electron chi connectivity index (χ1n) is 9.62. The van der Waals surface area contributed by atoms with E-state index in [1.807, 2.05) is 0 Å². The highest BCUT2D eigenvalue weighted by Crippen LogP contribution is 2.05. The predicted molar refractivity (Wildman–Crippen MR) is 94.7 cm³/mol. The molecule has 0 fully saturated rings. The van der Waals surface area contributed by atoms with Crippen LogP contribution in [0.4, 0.5) is 0 Å². The molecule has 0 bridgehead atoms. The molecule has 0 spiro atoms. The molecule has 0 unspecified atom stereocenters. The van der Waals surface area contributed by atoms with Crippen LogP contribution in [0, 0.1) is 0 Å². The van der Waals surface area contributed by atoms with Gasteiger partial charge in [-0.1, -0.05) is 65.2 Å². The Bertz CT molecular complexity index is 244. The van der Waals surface area contributed by atoms with Gasteiger partial charge in [-0.25, -0.2) is 0 Å². The van der Waals surface area contributed by atoms with Crippen molar-refractivity contribution in [1.29, 1.82) is 0 Å². The lowest BCUT2D eigenvalue weighted by atomic mass is 10.1. The molecular formula is C19H38O4. The van der Waals surface area contributed by atoms with Crippen molar-refractivity contribution in [3.63, 3.8) is 0 Å². The van der Waals surface area contributed by atoms with Gasteiger partial charge in [-0.05, 0) is 12.8 Å². The summed E-state index contributed by atoms with van der Waals surface area (Å²) in [4.78, 5) is 11.4. The zero-order valence-electron chi connectivity index (χ0n) is 15.4. The fourth-order valence-corrected chi connectivity index (χ4v) is 2.29. The number of hydrogen-bond acceptors (Lipinski definition) is 4. The number of hydrogen-bond donors (Lipinski definition) is 0. The van der Waals surface area contributed by atoms with Crippen LogP contribution in [0.15, 0.2) is 0 Å². The Labute approximate surface area is 143 Å². The summed E-state index contributed by atoms with van der Waals surface area (Å²) in [7, 11) is 0. The number of ether oxygens (including phenoxy) is 3. The lowest BCUT2D eigenvalue weighted by Gasteiger charge is -2.07. The molecule has 23 heavy (non-hydrogen) atoms. The molecule has 0 saturated carbocycles. The molecule has 0 saturated heterocycles. The lowest BCUT2D eigenvalue weighted by molar-refractivity contribution is -0.145. The highest BCUT2D eigenvalue weighted by Gasteiger charge is 2.02. The second-order valence-electron chi connectivity index (χ2n) is 6.02. The van der Waals surface area contributed by atoms with Gasteiger partial charge in [-0.3, -0.25) is 4.79 Å². The minimum Gasteiger partial charge on any atom is -0.463 e. The number of carbonyl (C=O) groups is 1. The molecule has 0 radical (unpaired) electrons. The minimum atomic E-state index is -0.107. The fourth-order valence-electron chi connectivity index (χ4n) is 2.29. The Morgan fingerprint density at radius 1 is 0.609 bits per heavy atom. The molecule has 0 aliphatic carbocycles. The molecule has 0 rings (SSSR count). The van der Waals surface area contributed by atoms with Gasteiger partial charge < -0.3 is 14.2 Å². The van der Waals surface area contributed by atoms with Crippen LogP contribution < -0.4 is 0 Å². The van der Waals surface area contributed by atoms with Gasteiger partial charge in [0.15, 0.2) is 0 Å². The Kier molecular flexibility index (Phi) is 18.9. The van der Waals surface area contributed by atoms with Crippen LogP contribution >= 0.6 is 0 Å². The van der Waals surface area contributed by atoms with Gasteiger partial charge >= 0.3 is 5.97 Å². The zero-order chi connectivity index (χ0) is 17.0. The van der Waals surface area contributed by atoms with Crippen LogP contribution in [0.2, 0.25) is 0 Å². The van der Waals surface area contributed by atoms with Crippen molar-refractivity contribution in [3.05, 3.63) is 0 Å². The van der Waals surface area contributed by atoms with E-state index in [2.05, 4.69) is 13.8 Å². The predicted octanol–water partition coefficient (Wildman–Crippen LogP) is 4.89. The second kappa shape index (κ2) is 19.4. The van der Waals surface area contributed by atoms with Crippen molar-refractivity contribution >= 4 is 5.97 Å². The van der Waals surface area contributed by atoms with Crippen molar-refractivity contribution in [1.82, 2.24) is 0 Å². The third-order valence-corrected chi connectivity index (χ3v) is 3.74. The summed E-state index contributed by atoms with van der Waals surface area (Å²) in [5.41, 5.74) is 0. The Balaban J connectivity index is 3.08. The maximum Gasteiger partial charge on any atom is 0.305 e. The highest BCUT2D eigenvalue weighted by atomic mass is 16.6. The van der Waals surface area contributed by atoms with Gasteiger partial charge in [0, 0.05) is 13.0 Å². The maximum atomic E-state index is 11.4. The summed E-state index contributed by atoms with van der Waals surface area (Å²) >= 11 is 0. The normalized spacial score (nSPS) is 10.9. The molecule has 138 valence electrons. The summed E-state index contributed by atoms with van der Waals surface area (Å²) in [6.07, 6.45) is 12.6. The van der Waals surface area contributed by atoms with Crippen molar-refractivity contribution in [2.75, 3.05) is 33.0 Å². The van der Waals surface area contributed by atoms with Crippen LogP contribution in [0.3, 0.4) is 0 Å². The van der Waals surface area contributed by atoms with E-state index < -0.39 is 0 Å². The molecule has 0 aromatic carbocycles. The van der Waals surface area contributed by atoms with E-state index in [1.54, 1.807) is 0 Å². The first-order chi connectivity index (χ1) is 11.3. The third-order valence-electron chi connectivity index (χ3n) is 3.74. The Morgan fingerprint density at radius 2 is 1.13 bits per heavy atom. The summed E-state index contributed by atoms with van der Waals surface area (Å²) in [5, 5.41) is 0. The Morgan fingerprint density at radius 3 is 1.83 bits per heavy atom. The number of unbranched alkanes of at least 4 members (excludes halogenated alkanes) is 8. The minimum absolute atomic E-state index is 0.107. The van der Waals surface area contributed by atoms with Crippen LogP contribution in [0.1, 0.15) is 84.5 Å². The van der Waals surface area contributed by atoms with Gasteiger partial charge in [-0.2, -0.15) is 0 Å². The molecular weight excluding hydrogens is 292 g/mol. The van der Waals surface area contributed by atoms with Gasteiger partial charge in [0.1, 0.15) is 6.61 Å². The van der Waals surface area contributed by atoms with Crippen LogP contribution in [-0.4, -0.2) is 39.0 Å². The SMILES string of the molecule is CCCCCCCCOCCOCCOC(=O)CCCCCC. The topological polar surface area (TPSA) is 44.8 Å². The molecule has 4 heteroatoms. The van der Waals surface area contributed by atoms with Crippen molar-refractivity contribution in [2.45, 2.75) is 84.5 Å². The standard InChI is InChI=1S/C19H38O4/c1-3-5-7-9-10-12-14-21-15-16-22-17-18-23-19(20)13-11-8-6-4-2/h3-18H2,1-2H3. The molecule has 0 amide bonds. The second-order valence-corrected chi connectivity index (χ2v) is 6.02. The molecule has 0 aromatic heterocycles. The first kappa shape index (κ1) is 22.4. The molecule has 0 heterocycles. The van der Waals surface area contributed by atoms with E-state index in [0.29, 0.717) is 32.8 Å². The van der Waals surface area contributed by atoms with Crippen LogP contribution in [-0.2, 0) is 19.0 Å². The molecule has 0 atom stereocenters. The largest absolute Gasteiger partial charge is 0.463 e. The molecule has 0 aliphatic heterocycles. The van der Waals surface area contributed by atoms with E-state index in [0.717, 1.165) is 25.9 Å². The molecule has 0 aliphatic rings. The molecule has 0 N–H and O–H groups in total. The highest BCUT2D eigenvalue weighted by molar-refractivity contribution is 5.69. The first-order valence-corrected chi connectivity index (χ1v) is 9.62. The zero-order valence-corrected chi connectivity index (χ0v) is 15.4. The third kappa shape index (κ3) is 19.3. The van der Waals surface area contributed by atoms with Crippen LogP contribution in [0.25, 0.3) is 0 Å². The monoisotopic (exact) mass is 330 g/mol. The fraction of sp³-hybridized carbons (Fsp3) is 0.947. The molecule has 0 aromatic rings.